The zero-order valence-electron chi connectivity index (χ0n) is 11.7. The molecule has 1 aromatic rings. The Morgan fingerprint density at radius 1 is 1.06 bits per heavy atom. The van der Waals surface area contributed by atoms with Crippen molar-refractivity contribution in [3.8, 4) is 0 Å². The average Bonchev–Trinajstić information content (AvgIpc) is 2.40. The van der Waals surface area contributed by atoms with Crippen LogP contribution in [0.25, 0.3) is 0 Å². The summed E-state index contributed by atoms with van der Waals surface area (Å²) < 4.78 is 1.51. The Kier molecular flexibility index (Phi) is 12.9. The van der Waals surface area contributed by atoms with Crippen LogP contribution in [-0.2, 0) is 0 Å². The smallest absolute Gasteiger partial charge is 0.335 e. The third kappa shape index (κ3) is 10.8. The number of carboxylic acid groups (broad SMARTS) is 1. The molecule has 0 bridgehead atoms. The van der Waals surface area contributed by atoms with Gasteiger partial charge < -0.3 is 5.11 Å². The molecule has 18 heavy (non-hydrogen) atoms. The van der Waals surface area contributed by atoms with E-state index in [1.807, 2.05) is 0 Å². The van der Waals surface area contributed by atoms with E-state index >= 15 is 0 Å². The Balaban J connectivity index is 0.000000321. The predicted molar refractivity (Wildman–Crippen MR) is 77.3 cm³/mol. The van der Waals surface area contributed by atoms with Crippen molar-refractivity contribution in [3.63, 3.8) is 0 Å². The predicted octanol–water partition coefficient (Wildman–Crippen LogP) is 4.32. The second kappa shape index (κ2) is 13.1. The van der Waals surface area contributed by atoms with E-state index in [1.165, 1.54) is 70.1 Å². The van der Waals surface area contributed by atoms with Gasteiger partial charge in [-0.2, -0.15) is 0 Å². The summed E-state index contributed by atoms with van der Waals surface area (Å²) in [7, 11) is 0. The molecular formula is C15H23NaO2. The van der Waals surface area contributed by atoms with Crippen molar-refractivity contribution in [3.05, 3.63) is 35.9 Å². The van der Waals surface area contributed by atoms with E-state index in [-0.39, 0.29) is 0 Å². The van der Waals surface area contributed by atoms with Gasteiger partial charge in [-0.3, -0.25) is 0 Å². The van der Waals surface area contributed by atoms with Crippen LogP contribution in [0.1, 0.15) is 55.8 Å². The molecule has 0 amide bonds. The van der Waals surface area contributed by atoms with Gasteiger partial charge >= 0.3 is 83.0 Å². The third-order valence-electron chi connectivity index (χ3n) is 2.73. The van der Waals surface area contributed by atoms with Crippen LogP contribution in [0, 0.1) is 0 Å². The summed E-state index contributed by atoms with van der Waals surface area (Å²) in [6.07, 6.45) is 8.76. The zero-order valence-corrected chi connectivity index (χ0v) is 13.7. The van der Waals surface area contributed by atoms with Crippen molar-refractivity contribution in [1.29, 1.82) is 0 Å². The number of carbonyl (C=O) groups is 1. The SMILES string of the molecule is CCCCCCC[CH2][Na].O=C(O)c1ccccc1. The maximum atomic E-state index is 10.2. The topological polar surface area (TPSA) is 37.3 Å². The molecule has 0 radical (unpaired) electrons. The Labute approximate surface area is 128 Å². The van der Waals surface area contributed by atoms with Gasteiger partial charge in [0.05, 0.1) is 5.56 Å². The summed E-state index contributed by atoms with van der Waals surface area (Å²) >= 11 is 1.41. The maximum absolute atomic E-state index is 10.2. The summed E-state index contributed by atoms with van der Waals surface area (Å²) in [5, 5.41) is 8.38. The van der Waals surface area contributed by atoms with Crippen LogP contribution >= 0.6 is 0 Å². The first kappa shape index (κ1) is 17.7. The van der Waals surface area contributed by atoms with Gasteiger partial charge in [0.1, 0.15) is 0 Å². The minimum atomic E-state index is -0.879. The summed E-state index contributed by atoms with van der Waals surface area (Å²) in [5.74, 6) is -0.879. The number of hydrogen-bond acceptors (Lipinski definition) is 1. The first-order valence-electron chi connectivity index (χ1n) is 7.00. The monoisotopic (exact) mass is 258 g/mol. The fraction of sp³-hybridized carbons (Fsp3) is 0.533. The fourth-order valence-electron chi connectivity index (χ4n) is 1.61. The van der Waals surface area contributed by atoms with Crippen LogP contribution in [0.5, 0.6) is 0 Å². The van der Waals surface area contributed by atoms with Crippen LogP contribution in [0.3, 0.4) is 0 Å². The minimum Gasteiger partial charge on any atom is -0.478 e. The summed E-state index contributed by atoms with van der Waals surface area (Å²) in [6.45, 7) is 2.27. The molecule has 3 heteroatoms. The summed E-state index contributed by atoms with van der Waals surface area (Å²) in [5.41, 5.74) is 0.331. The van der Waals surface area contributed by atoms with E-state index in [4.69, 9.17) is 5.11 Å². The van der Waals surface area contributed by atoms with Crippen LogP contribution in [0.15, 0.2) is 30.3 Å². The zero-order chi connectivity index (χ0) is 13.6. The maximum Gasteiger partial charge on any atom is 0.335 e. The van der Waals surface area contributed by atoms with Gasteiger partial charge in [-0.1, -0.05) is 18.2 Å². The van der Waals surface area contributed by atoms with Crippen molar-refractivity contribution in [2.24, 2.45) is 0 Å². The number of aromatic carboxylic acids is 1. The van der Waals surface area contributed by atoms with Gasteiger partial charge in [-0.15, -0.1) is 0 Å². The number of unbranched alkanes of at least 4 members (excludes halogenated alkanes) is 5. The minimum absolute atomic E-state index is 0.331. The molecule has 2 nitrogen and oxygen atoms in total. The molecule has 1 rings (SSSR count). The molecule has 0 aliphatic rings. The second-order valence-electron chi connectivity index (χ2n) is 4.44. The molecule has 0 aromatic heterocycles. The van der Waals surface area contributed by atoms with Crippen LogP contribution in [-0.4, -0.2) is 39.0 Å². The van der Waals surface area contributed by atoms with Gasteiger partial charge in [0.2, 0.25) is 0 Å². The largest absolute Gasteiger partial charge is 0.478 e. The molecule has 0 heterocycles. The molecule has 0 aliphatic carbocycles. The van der Waals surface area contributed by atoms with Crippen molar-refractivity contribution < 1.29 is 9.90 Å². The van der Waals surface area contributed by atoms with Crippen LogP contribution < -0.4 is 0 Å². The van der Waals surface area contributed by atoms with E-state index in [1.54, 1.807) is 30.3 Å². The first-order chi connectivity index (χ1) is 8.72. The Morgan fingerprint density at radius 3 is 2.06 bits per heavy atom. The molecule has 0 fully saturated rings. The summed E-state index contributed by atoms with van der Waals surface area (Å²) in [6, 6.07) is 8.30. The number of hydrogen-bond donors (Lipinski definition) is 1. The Morgan fingerprint density at radius 2 is 1.61 bits per heavy atom. The number of benzene rings is 1. The molecule has 0 saturated heterocycles. The summed E-state index contributed by atoms with van der Waals surface area (Å²) in [4.78, 5) is 10.2. The van der Waals surface area contributed by atoms with Crippen molar-refractivity contribution in [2.75, 3.05) is 0 Å². The molecular weight excluding hydrogens is 235 g/mol. The van der Waals surface area contributed by atoms with Gasteiger partial charge in [0, 0.05) is 0 Å². The number of carboxylic acids is 1. The van der Waals surface area contributed by atoms with E-state index in [9.17, 15) is 4.79 Å². The molecule has 0 unspecified atom stereocenters. The molecule has 1 N–H and O–H groups in total. The molecule has 0 atom stereocenters. The van der Waals surface area contributed by atoms with Gasteiger partial charge in [0.15, 0.2) is 0 Å². The van der Waals surface area contributed by atoms with Crippen molar-refractivity contribution in [1.82, 2.24) is 0 Å². The molecule has 0 aliphatic heterocycles. The first-order valence-corrected chi connectivity index (χ1v) is 8.42. The Bertz CT molecular complexity index is 293. The third-order valence-corrected chi connectivity index (χ3v) is 3.43. The standard InChI is InChI=1S/C8H17.C7H6O2.Na/c1-3-5-7-8-6-4-2;8-7(9)6-4-2-1-3-5-6;/h1,3-8H2,2H3;1-5H,(H,8,9);. The molecule has 0 saturated carbocycles. The second-order valence-corrected chi connectivity index (χ2v) is 5.44. The molecule has 96 valence electrons. The van der Waals surface area contributed by atoms with Crippen molar-refractivity contribution in [2.45, 2.75) is 49.1 Å². The Hall–Kier alpha value is -0.310. The fourth-order valence-corrected chi connectivity index (χ4v) is 2.11. The van der Waals surface area contributed by atoms with Crippen molar-refractivity contribution >= 4 is 33.9 Å². The van der Waals surface area contributed by atoms with Gasteiger partial charge in [0.25, 0.3) is 0 Å². The molecule has 1 aromatic carbocycles. The average molecular weight is 258 g/mol. The quantitative estimate of drug-likeness (QED) is 0.584. The van der Waals surface area contributed by atoms with Gasteiger partial charge in [-0.25, -0.2) is 4.79 Å². The van der Waals surface area contributed by atoms with E-state index in [0.717, 1.165) is 0 Å². The van der Waals surface area contributed by atoms with Crippen LogP contribution in [0.4, 0.5) is 0 Å². The van der Waals surface area contributed by atoms with Gasteiger partial charge in [-0.05, 0) is 12.1 Å². The van der Waals surface area contributed by atoms with E-state index in [0.29, 0.717) is 5.56 Å². The molecule has 0 spiro atoms. The van der Waals surface area contributed by atoms with Crippen LogP contribution in [0.2, 0.25) is 3.67 Å². The number of rotatable bonds is 7. The van der Waals surface area contributed by atoms with E-state index < -0.39 is 5.97 Å². The van der Waals surface area contributed by atoms with E-state index in [2.05, 4.69) is 6.92 Å². The normalized spacial score (nSPS) is 9.50.